The van der Waals surface area contributed by atoms with E-state index in [0.29, 0.717) is 19.4 Å². The third-order valence-electron chi connectivity index (χ3n) is 2.33. The van der Waals surface area contributed by atoms with Crippen molar-refractivity contribution in [2.24, 2.45) is 0 Å². The number of unbranched alkanes of at least 4 members (excludes halogenated alkanes) is 1. The molecule has 0 radical (unpaired) electrons. The molecular weight excluding hydrogens is 254 g/mol. The van der Waals surface area contributed by atoms with Gasteiger partial charge in [0.15, 0.2) is 0 Å². The van der Waals surface area contributed by atoms with E-state index in [2.05, 4.69) is 10.4 Å². The minimum atomic E-state index is -0.875. The number of rotatable bonds is 7. The Morgan fingerprint density at radius 1 is 1.26 bits per heavy atom. The summed E-state index contributed by atoms with van der Waals surface area (Å²) in [7, 11) is 0. The Morgan fingerprint density at radius 3 is 2.68 bits per heavy atom. The topological polar surface area (TPSA) is 121 Å². The first-order valence-corrected chi connectivity index (χ1v) is 5.77. The standard InChI is InChI=1S/C11H15N3O5/c15-8-4-5-10(17)14(13-8)7-9(16)12-6-2-1-3-11(18)19/h4-5H,1-3,6-7H2,(H,12,16)(H,13,15)(H,18,19). The van der Waals surface area contributed by atoms with Crippen molar-refractivity contribution in [2.75, 3.05) is 6.54 Å². The van der Waals surface area contributed by atoms with E-state index in [1.165, 1.54) is 0 Å². The average Bonchev–Trinajstić information content (AvgIpc) is 2.33. The van der Waals surface area contributed by atoms with Crippen molar-refractivity contribution in [1.82, 2.24) is 15.1 Å². The van der Waals surface area contributed by atoms with Crippen molar-refractivity contribution in [2.45, 2.75) is 25.8 Å². The van der Waals surface area contributed by atoms with Gasteiger partial charge in [-0.05, 0) is 12.8 Å². The number of aromatic amines is 1. The normalized spacial score (nSPS) is 10.1. The molecule has 0 bridgehead atoms. The second-order valence-electron chi connectivity index (χ2n) is 3.93. The number of amides is 1. The lowest BCUT2D eigenvalue weighted by atomic mass is 10.2. The van der Waals surface area contributed by atoms with Crippen molar-refractivity contribution in [1.29, 1.82) is 0 Å². The van der Waals surface area contributed by atoms with E-state index in [1.807, 2.05) is 0 Å². The number of nitrogens with one attached hydrogen (secondary N) is 2. The van der Waals surface area contributed by atoms with Crippen molar-refractivity contribution < 1.29 is 14.7 Å². The highest BCUT2D eigenvalue weighted by molar-refractivity contribution is 5.75. The summed E-state index contributed by atoms with van der Waals surface area (Å²) in [6, 6.07) is 2.17. The number of aliphatic carboxylic acids is 1. The molecule has 0 saturated heterocycles. The van der Waals surface area contributed by atoms with Gasteiger partial charge in [-0.1, -0.05) is 0 Å². The number of carboxylic acid groups (broad SMARTS) is 1. The summed E-state index contributed by atoms with van der Waals surface area (Å²) in [5.41, 5.74) is -0.936. The van der Waals surface area contributed by atoms with Crippen molar-refractivity contribution in [3.63, 3.8) is 0 Å². The van der Waals surface area contributed by atoms with Crippen LogP contribution in [-0.2, 0) is 16.1 Å². The molecule has 19 heavy (non-hydrogen) atoms. The maximum atomic E-state index is 11.5. The molecule has 0 spiro atoms. The number of aromatic nitrogens is 2. The Hall–Kier alpha value is -2.38. The molecule has 0 saturated carbocycles. The van der Waals surface area contributed by atoms with Gasteiger partial charge in [0, 0.05) is 25.1 Å². The van der Waals surface area contributed by atoms with E-state index >= 15 is 0 Å². The number of hydrogen-bond donors (Lipinski definition) is 3. The maximum Gasteiger partial charge on any atom is 0.303 e. The van der Waals surface area contributed by atoms with Crippen LogP contribution in [0.2, 0.25) is 0 Å². The van der Waals surface area contributed by atoms with E-state index in [1.54, 1.807) is 0 Å². The first-order valence-electron chi connectivity index (χ1n) is 5.77. The Kier molecular flexibility index (Phi) is 5.52. The second-order valence-corrected chi connectivity index (χ2v) is 3.93. The quantitative estimate of drug-likeness (QED) is 0.543. The monoisotopic (exact) mass is 269 g/mol. The zero-order valence-electron chi connectivity index (χ0n) is 10.2. The zero-order chi connectivity index (χ0) is 14.3. The molecule has 1 amide bonds. The molecule has 0 fully saturated rings. The largest absolute Gasteiger partial charge is 0.481 e. The number of carbonyl (C=O) groups excluding carboxylic acids is 1. The molecule has 1 rings (SSSR count). The van der Waals surface area contributed by atoms with Crippen LogP contribution in [0.25, 0.3) is 0 Å². The van der Waals surface area contributed by atoms with E-state index < -0.39 is 23.0 Å². The van der Waals surface area contributed by atoms with E-state index in [9.17, 15) is 19.2 Å². The third-order valence-corrected chi connectivity index (χ3v) is 2.33. The Morgan fingerprint density at radius 2 is 2.00 bits per heavy atom. The summed E-state index contributed by atoms with van der Waals surface area (Å²) in [5, 5.41) is 13.2. The summed E-state index contributed by atoms with van der Waals surface area (Å²) in [5.74, 6) is -1.29. The van der Waals surface area contributed by atoms with Crippen LogP contribution in [0.3, 0.4) is 0 Å². The molecule has 0 aromatic carbocycles. The number of H-pyrrole nitrogens is 1. The number of carbonyl (C=O) groups is 2. The van der Waals surface area contributed by atoms with Gasteiger partial charge < -0.3 is 10.4 Å². The van der Waals surface area contributed by atoms with Gasteiger partial charge in [-0.15, -0.1) is 0 Å². The fourth-order valence-corrected chi connectivity index (χ4v) is 1.41. The fourth-order valence-electron chi connectivity index (χ4n) is 1.41. The van der Waals surface area contributed by atoms with Gasteiger partial charge in [-0.3, -0.25) is 24.3 Å². The molecule has 1 aromatic heterocycles. The molecule has 0 aliphatic heterocycles. The molecule has 0 aliphatic rings. The Balaban J connectivity index is 2.35. The van der Waals surface area contributed by atoms with Crippen LogP contribution in [0.4, 0.5) is 0 Å². The van der Waals surface area contributed by atoms with Crippen molar-refractivity contribution in [3.8, 4) is 0 Å². The first-order chi connectivity index (χ1) is 8.99. The average molecular weight is 269 g/mol. The minimum Gasteiger partial charge on any atom is -0.481 e. The zero-order valence-corrected chi connectivity index (χ0v) is 10.2. The minimum absolute atomic E-state index is 0.0569. The van der Waals surface area contributed by atoms with Gasteiger partial charge in [-0.25, -0.2) is 4.68 Å². The highest BCUT2D eigenvalue weighted by Gasteiger charge is 2.04. The van der Waals surface area contributed by atoms with Gasteiger partial charge in [0.1, 0.15) is 6.54 Å². The highest BCUT2D eigenvalue weighted by Crippen LogP contribution is 1.93. The first kappa shape index (κ1) is 14.7. The van der Waals surface area contributed by atoms with Gasteiger partial charge in [0.05, 0.1) is 0 Å². The van der Waals surface area contributed by atoms with Crippen LogP contribution < -0.4 is 16.4 Å². The fraction of sp³-hybridized carbons (Fsp3) is 0.455. The highest BCUT2D eigenvalue weighted by atomic mass is 16.4. The second kappa shape index (κ2) is 7.14. The Bertz CT molecular complexity index is 560. The van der Waals surface area contributed by atoms with E-state index in [-0.39, 0.29) is 13.0 Å². The Labute approximate surface area is 108 Å². The molecule has 1 aromatic rings. The number of nitrogens with zero attached hydrogens (tertiary/aromatic N) is 1. The van der Waals surface area contributed by atoms with Crippen LogP contribution >= 0.6 is 0 Å². The van der Waals surface area contributed by atoms with Crippen LogP contribution in [0.5, 0.6) is 0 Å². The SMILES string of the molecule is O=C(O)CCCCNC(=O)Cn1[nH]c(=O)ccc1=O. The molecular formula is C11H15N3O5. The van der Waals surface area contributed by atoms with E-state index in [0.717, 1.165) is 16.8 Å². The summed E-state index contributed by atoms with van der Waals surface area (Å²) < 4.78 is 0.912. The third kappa shape index (κ3) is 5.66. The number of hydrogen-bond acceptors (Lipinski definition) is 4. The maximum absolute atomic E-state index is 11.5. The van der Waals surface area contributed by atoms with Crippen LogP contribution in [0.15, 0.2) is 21.7 Å². The van der Waals surface area contributed by atoms with Gasteiger partial charge >= 0.3 is 5.97 Å². The molecule has 0 unspecified atom stereocenters. The predicted molar refractivity (Wildman–Crippen MR) is 65.8 cm³/mol. The predicted octanol–water partition coefficient (Wildman–Crippen LogP) is -1.09. The number of carboxylic acids is 1. The van der Waals surface area contributed by atoms with Gasteiger partial charge in [0.2, 0.25) is 5.91 Å². The molecule has 8 nitrogen and oxygen atoms in total. The summed E-state index contributed by atoms with van der Waals surface area (Å²) in [6.07, 6.45) is 1.07. The van der Waals surface area contributed by atoms with Crippen LogP contribution in [0, 0.1) is 0 Å². The van der Waals surface area contributed by atoms with Crippen LogP contribution in [-0.4, -0.2) is 33.3 Å². The summed E-state index contributed by atoms with van der Waals surface area (Å²) >= 11 is 0. The van der Waals surface area contributed by atoms with Crippen molar-refractivity contribution in [3.05, 3.63) is 32.8 Å². The van der Waals surface area contributed by atoms with Crippen molar-refractivity contribution >= 4 is 11.9 Å². The molecule has 1 heterocycles. The molecule has 0 atom stereocenters. The van der Waals surface area contributed by atoms with Crippen LogP contribution in [0.1, 0.15) is 19.3 Å². The summed E-state index contributed by atoms with van der Waals surface area (Å²) in [6.45, 7) is 0.0613. The lowest BCUT2D eigenvalue weighted by molar-refractivity contribution is -0.137. The van der Waals surface area contributed by atoms with E-state index in [4.69, 9.17) is 5.11 Å². The molecule has 8 heteroatoms. The lowest BCUT2D eigenvalue weighted by Gasteiger charge is -2.06. The smallest absolute Gasteiger partial charge is 0.303 e. The molecule has 0 aliphatic carbocycles. The molecule has 3 N–H and O–H groups in total. The summed E-state index contributed by atoms with van der Waals surface area (Å²) in [4.78, 5) is 44.0. The van der Waals surface area contributed by atoms with Gasteiger partial charge in [-0.2, -0.15) is 0 Å². The molecule has 104 valence electrons. The van der Waals surface area contributed by atoms with Gasteiger partial charge in [0.25, 0.3) is 11.1 Å². The lowest BCUT2D eigenvalue weighted by Crippen LogP contribution is -2.36.